The van der Waals surface area contributed by atoms with Crippen molar-refractivity contribution in [3.63, 3.8) is 0 Å². The predicted molar refractivity (Wildman–Crippen MR) is 82.2 cm³/mol. The number of H-pyrrole nitrogens is 1. The van der Waals surface area contributed by atoms with Crippen LogP contribution in [-0.2, 0) is 4.79 Å². The molecule has 0 radical (unpaired) electrons. The average Bonchev–Trinajstić information content (AvgIpc) is 2.68. The van der Waals surface area contributed by atoms with Gasteiger partial charge in [0.15, 0.2) is 8.29 Å². The standard InChI is InChI=1S/C12H19N3OS3/c1-8-3-4-15(6-9(2)5-8)10(16)7-18-12-14-13-11(17)19-12/h8-9H,3-7H2,1-2H3,(H,13,17). The fourth-order valence-corrected chi connectivity index (χ4v) is 4.43. The van der Waals surface area contributed by atoms with Gasteiger partial charge >= 0.3 is 0 Å². The van der Waals surface area contributed by atoms with Gasteiger partial charge in [0.05, 0.1) is 5.75 Å². The number of rotatable bonds is 3. The van der Waals surface area contributed by atoms with Crippen molar-refractivity contribution in [2.45, 2.75) is 31.0 Å². The number of aromatic amines is 1. The van der Waals surface area contributed by atoms with Crippen molar-refractivity contribution in [1.29, 1.82) is 0 Å². The van der Waals surface area contributed by atoms with Gasteiger partial charge in [0.25, 0.3) is 0 Å². The summed E-state index contributed by atoms with van der Waals surface area (Å²) in [7, 11) is 0. The highest BCUT2D eigenvalue weighted by Crippen LogP contribution is 2.24. The second kappa shape index (κ2) is 6.85. The van der Waals surface area contributed by atoms with Crippen molar-refractivity contribution in [3.8, 4) is 0 Å². The molecule has 1 fully saturated rings. The van der Waals surface area contributed by atoms with E-state index < -0.39 is 0 Å². The maximum absolute atomic E-state index is 12.2. The van der Waals surface area contributed by atoms with Crippen LogP contribution in [0.15, 0.2) is 4.34 Å². The first-order valence-electron chi connectivity index (χ1n) is 6.50. The van der Waals surface area contributed by atoms with Crippen molar-refractivity contribution in [1.82, 2.24) is 15.1 Å². The van der Waals surface area contributed by atoms with Gasteiger partial charge in [-0.2, -0.15) is 5.10 Å². The van der Waals surface area contributed by atoms with Gasteiger partial charge < -0.3 is 4.90 Å². The second-order valence-corrected chi connectivity index (χ2v) is 8.13. The summed E-state index contributed by atoms with van der Waals surface area (Å²) in [5, 5.41) is 6.79. The zero-order valence-electron chi connectivity index (χ0n) is 11.2. The van der Waals surface area contributed by atoms with Crippen molar-refractivity contribution < 1.29 is 4.79 Å². The lowest BCUT2D eigenvalue weighted by molar-refractivity contribution is -0.128. The van der Waals surface area contributed by atoms with E-state index in [9.17, 15) is 4.79 Å². The first-order chi connectivity index (χ1) is 9.04. The number of hydrogen-bond acceptors (Lipinski definition) is 5. The van der Waals surface area contributed by atoms with E-state index in [2.05, 4.69) is 24.0 Å². The Morgan fingerprint density at radius 3 is 3.05 bits per heavy atom. The lowest BCUT2D eigenvalue weighted by atomic mass is 9.97. The lowest BCUT2D eigenvalue weighted by Crippen LogP contribution is -2.35. The molecule has 0 aromatic carbocycles. The molecule has 0 saturated carbocycles. The van der Waals surface area contributed by atoms with Gasteiger partial charge in [0.2, 0.25) is 5.91 Å². The third kappa shape index (κ3) is 4.57. The van der Waals surface area contributed by atoms with E-state index in [0.29, 0.717) is 15.6 Å². The number of aromatic nitrogens is 2. The fraction of sp³-hybridized carbons (Fsp3) is 0.750. The van der Waals surface area contributed by atoms with Crippen molar-refractivity contribution >= 4 is 41.2 Å². The topological polar surface area (TPSA) is 49.0 Å². The van der Waals surface area contributed by atoms with Crippen molar-refractivity contribution in [2.75, 3.05) is 18.8 Å². The lowest BCUT2D eigenvalue weighted by Gasteiger charge is -2.22. The zero-order chi connectivity index (χ0) is 13.8. The molecule has 1 N–H and O–H groups in total. The summed E-state index contributed by atoms with van der Waals surface area (Å²) in [5.74, 6) is 1.99. The summed E-state index contributed by atoms with van der Waals surface area (Å²) in [4.78, 5) is 14.2. The molecule has 1 aromatic rings. The van der Waals surface area contributed by atoms with Crippen LogP contribution < -0.4 is 0 Å². The third-order valence-corrected chi connectivity index (χ3v) is 5.54. The van der Waals surface area contributed by atoms with Gasteiger partial charge in [-0.1, -0.05) is 36.9 Å². The van der Waals surface area contributed by atoms with Gasteiger partial charge in [-0.25, -0.2) is 0 Å². The van der Waals surface area contributed by atoms with E-state index in [-0.39, 0.29) is 5.91 Å². The van der Waals surface area contributed by atoms with E-state index in [1.165, 1.54) is 29.5 Å². The Hall–Kier alpha value is -0.400. The smallest absolute Gasteiger partial charge is 0.233 e. The highest BCUT2D eigenvalue weighted by Gasteiger charge is 2.22. The molecule has 0 bridgehead atoms. The Kier molecular flexibility index (Phi) is 5.41. The van der Waals surface area contributed by atoms with Crippen LogP contribution in [0.1, 0.15) is 26.7 Å². The molecule has 4 nitrogen and oxygen atoms in total. The molecule has 1 aliphatic rings. The molecule has 1 saturated heterocycles. The first kappa shape index (κ1) is 15.0. The van der Waals surface area contributed by atoms with E-state index in [1.807, 2.05) is 4.90 Å². The molecule has 2 unspecified atom stereocenters. The minimum absolute atomic E-state index is 0.215. The van der Waals surface area contributed by atoms with Gasteiger partial charge in [0, 0.05) is 13.1 Å². The number of hydrogen-bond donors (Lipinski definition) is 1. The van der Waals surface area contributed by atoms with Crippen LogP contribution >= 0.6 is 35.3 Å². The third-order valence-electron chi connectivity index (χ3n) is 3.32. The number of thioether (sulfide) groups is 1. The Morgan fingerprint density at radius 1 is 1.58 bits per heavy atom. The van der Waals surface area contributed by atoms with E-state index in [1.54, 1.807) is 0 Å². The molecule has 1 aliphatic heterocycles. The summed E-state index contributed by atoms with van der Waals surface area (Å²) >= 11 is 7.87. The summed E-state index contributed by atoms with van der Waals surface area (Å²) in [5.41, 5.74) is 0. The predicted octanol–water partition coefficient (Wildman–Crippen LogP) is 3.19. The average molecular weight is 318 g/mol. The van der Waals surface area contributed by atoms with Crippen LogP contribution in [0.4, 0.5) is 0 Å². The number of carbonyl (C=O) groups excluding carboxylic acids is 1. The van der Waals surface area contributed by atoms with Crippen LogP contribution in [0.25, 0.3) is 0 Å². The largest absolute Gasteiger partial charge is 0.342 e. The number of likely N-dealkylation sites (tertiary alicyclic amines) is 1. The van der Waals surface area contributed by atoms with Gasteiger partial charge in [-0.05, 0) is 36.9 Å². The van der Waals surface area contributed by atoms with E-state index in [0.717, 1.165) is 29.8 Å². The quantitative estimate of drug-likeness (QED) is 0.687. The minimum Gasteiger partial charge on any atom is -0.342 e. The van der Waals surface area contributed by atoms with Crippen LogP contribution in [-0.4, -0.2) is 39.8 Å². The van der Waals surface area contributed by atoms with Gasteiger partial charge in [-0.3, -0.25) is 9.89 Å². The maximum atomic E-state index is 12.2. The summed E-state index contributed by atoms with van der Waals surface area (Å²) in [6, 6.07) is 0. The zero-order valence-corrected chi connectivity index (χ0v) is 13.7. The molecule has 1 amide bonds. The molecule has 106 valence electrons. The number of nitrogens with one attached hydrogen (secondary N) is 1. The van der Waals surface area contributed by atoms with Crippen LogP contribution in [0.5, 0.6) is 0 Å². The molecular weight excluding hydrogens is 298 g/mol. The van der Waals surface area contributed by atoms with Gasteiger partial charge in [-0.15, -0.1) is 0 Å². The van der Waals surface area contributed by atoms with Crippen molar-refractivity contribution in [3.05, 3.63) is 3.95 Å². The fourth-order valence-electron chi connectivity index (χ4n) is 2.44. The Bertz CT molecular complexity index is 485. The first-order valence-corrected chi connectivity index (χ1v) is 8.71. The normalized spacial score (nSPS) is 24.2. The number of amides is 1. The molecule has 2 atom stereocenters. The number of nitrogens with zero attached hydrogens (tertiary/aromatic N) is 2. The second-order valence-electron chi connectivity index (χ2n) is 5.24. The van der Waals surface area contributed by atoms with E-state index in [4.69, 9.17) is 12.2 Å². The minimum atomic E-state index is 0.215. The Labute approximate surface area is 127 Å². The SMILES string of the molecule is CC1CCN(C(=O)CSc2n[nH]c(=S)s2)CC(C)C1. The van der Waals surface area contributed by atoms with Gasteiger partial charge in [0.1, 0.15) is 0 Å². The van der Waals surface area contributed by atoms with Crippen LogP contribution in [0.2, 0.25) is 0 Å². The maximum Gasteiger partial charge on any atom is 0.233 e. The molecule has 19 heavy (non-hydrogen) atoms. The summed E-state index contributed by atoms with van der Waals surface area (Å²) < 4.78 is 1.50. The highest BCUT2D eigenvalue weighted by atomic mass is 32.2. The Morgan fingerprint density at radius 2 is 2.37 bits per heavy atom. The summed E-state index contributed by atoms with van der Waals surface area (Å²) in [6.07, 6.45) is 2.33. The molecule has 0 aliphatic carbocycles. The van der Waals surface area contributed by atoms with Crippen LogP contribution in [0.3, 0.4) is 0 Å². The molecular formula is C12H19N3OS3. The van der Waals surface area contributed by atoms with E-state index >= 15 is 0 Å². The number of carbonyl (C=O) groups is 1. The monoisotopic (exact) mass is 317 g/mol. The summed E-state index contributed by atoms with van der Waals surface area (Å²) in [6.45, 7) is 6.28. The Balaban J connectivity index is 1.86. The molecule has 0 spiro atoms. The highest BCUT2D eigenvalue weighted by molar-refractivity contribution is 8.01. The molecule has 1 aromatic heterocycles. The molecule has 2 heterocycles. The van der Waals surface area contributed by atoms with Crippen LogP contribution in [0, 0.1) is 15.8 Å². The molecule has 2 rings (SSSR count). The molecule has 7 heteroatoms. The van der Waals surface area contributed by atoms with Crippen molar-refractivity contribution in [2.24, 2.45) is 11.8 Å².